The van der Waals surface area contributed by atoms with Gasteiger partial charge in [0, 0.05) is 16.8 Å². The monoisotopic (exact) mass is 244 g/mol. The van der Waals surface area contributed by atoms with Gasteiger partial charge < -0.3 is 10.5 Å². The average Bonchev–Trinajstić information content (AvgIpc) is 2.17. The van der Waals surface area contributed by atoms with Crippen molar-refractivity contribution in [2.75, 3.05) is 18.6 Å². The second-order valence-electron chi connectivity index (χ2n) is 3.67. The number of nitrogen functional groups attached to an aromatic ring is 1. The lowest BCUT2D eigenvalue weighted by Crippen LogP contribution is -2.49. The van der Waals surface area contributed by atoms with Crippen LogP contribution in [0.5, 0.6) is 0 Å². The van der Waals surface area contributed by atoms with E-state index in [-0.39, 0.29) is 11.5 Å². The van der Waals surface area contributed by atoms with Gasteiger partial charge in [0.25, 0.3) is 0 Å². The van der Waals surface area contributed by atoms with Crippen LogP contribution in [0, 0.1) is 0 Å². The molecule has 1 aromatic carbocycles. The molecule has 1 aromatic rings. The first-order chi connectivity index (χ1) is 7.26. The number of carbonyl (C=O) groups is 1. The third-order valence-electron chi connectivity index (χ3n) is 2.12. The molecule has 0 bridgehead atoms. The molecule has 0 aliphatic carbocycles. The molecule has 16 heavy (non-hydrogen) atoms. The van der Waals surface area contributed by atoms with Crippen LogP contribution >= 0.6 is 0 Å². The Bertz CT molecular complexity index is 479. The third-order valence-corrected chi connectivity index (χ3v) is 4.49. The highest BCUT2D eigenvalue weighted by molar-refractivity contribution is 8.29. The molecule has 4 N–H and O–H groups in total. The molecule has 0 unspecified atom stereocenters. The van der Waals surface area contributed by atoms with Crippen LogP contribution in [0.4, 0.5) is 10.5 Å². The maximum atomic E-state index is 12.5. The number of rotatable bonds is 2. The molecule has 0 aliphatic heterocycles. The fourth-order valence-corrected chi connectivity index (χ4v) is 2.64. The second-order valence-corrected chi connectivity index (χ2v) is 7.29. The first-order valence-electron chi connectivity index (χ1n) is 4.73. The molecule has 5 nitrogen and oxygen atoms in total. The number of nitrogens with two attached hydrogens (primary N) is 2. The summed E-state index contributed by atoms with van der Waals surface area (Å²) in [6.07, 6.45) is 1.18. The van der Waals surface area contributed by atoms with E-state index in [2.05, 4.69) is 0 Å². The highest BCUT2D eigenvalue weighted by Gasteiger charge is 2.39. The number of anilines is 1. The minimum Gasteiger partial charge on any atom is -0.456 e. The lowest BCUT2D eigenvalue weighted by molar-refractivity contribution is 0.178. The van der Waals surface area contributed by atoms with E-state index in [9.17, 15) is 9.00 Å². The van der Waals surface area contributed by atoms with Crippen molar-refractivity contribution in [1.82, 2.24) is 0 Å². The maximum Gasteiger partial charge on any atom is 0.392 e. The van der Waals surface area contributed by atoms with Crippen LogP contribution in [0.15, 0.2) is 29.2 Å². The van der Waals surface area contributed by atoms with Crippen molar-refractivity contribution in [2.45, 2.75) is 11.8 Å². The first-order valence-corrected chi connectivity index (χ1v) is 7.17. The summed E-state index contributed by atoms with van der Waals surface area (Å²) in [6.45, 7) is 1.75. The van der Waals surface area contributed by atoms with Gasteiger partial charge in [-0.05, 0) is 25.1 Å². The van der Waals surface area contributed by atoms with Crippen molar-refractivity contribution >= 4 is 20.2 Å². The van der Waals surface area contributed by atoms with E-state index in [1.165, 1.54) is 18.4 Å². The van der Waals surface area contributed by atoms with Crippen molar-refractivity contribution < 1.29 is 13.7 Å². The minimum absolute atomic E-state index is 0.126. The van der Waals surface area contributed by atoms with Crippen LogP contribution in [0.2, 0.25) is 0 Å². The van der Waals surface area contributed by atoms with E-state index in [1.54, 1.807) is 19.1 Å². The van der Waals surface area contributed by atoms with Crippen molar-refractivity contribution in [3.8, 4) is 0 Å². The van der Waals surface area contributed by atoms with E-state index >= 15 is 0 Å². The molecule has 0 fully saturated rings. The van der Waals surface area contributed by atoms with Crippen LogP contribution in [0.1, 0.15) is 6.92 Å². The fraction of sp³-hybridized carbons (Fsp3) is 0.300. The zero-order valence-corrected chi connectivity index (χ0v) is 10.1. The van der Waals surface area contributed by atoms with Crippen LogP contribution in [0.3, 0.4) is 0 Å². The van der Waals surface area contributed by atoms with Gasteiger partial charge in [-0.1, -0.05) is 6.07 Å². The summed E-state index contributed by atoms with van der Waals surface area (Å²) in [5, 5.41) is 4.79. The van der Waals surface area contributed by atoms with Gasteiger partial charge in [-0.2, -0.15) is 0 Å². The molecule has 90 valence electrons. The molecule has 0 radical (unpaired) electrons. The molecular weight excluding hydrogens is 228 g/mol. The summed E-state index contributed by atoms with van der Waals surface area (Å²) in [7, 11) is -4.14. The van der Waals surface area contributed by atoms with Crippen molar-refractivity contribution in [3.05, 3.63) is 24.3 Å². The molecule has 0 aromatic heterocycles. The molecule has 0 saturated carbocycles. The van der Waals surface area contributed by atoms with Crippen molar-refractivity contribution in [3.63, 3.8) is 0 Å². The Labute approximate surface area is 94.3 Å². The third kappa shape index (κ3) is 2.23. The van der Waals surface area contributed by atoms with E-state index < -0.39 is 14.6 Å². The Hall–Kier alpha value is -1.40. The van der Waals surface area contributed by atoms with Crippen molar-refractivity contribution in [2.24, 2.45) is 5.14 Å². The molecule has 0 aliphatic rings. The Morgan fingerprint density at radius 2 is 2.12 bits per heavy atom. The Kier molecular flexibility index (Phi) is 3.07. The lowest BCUT2D eigenvalue weighted by Gasteiger charge is -2.31. The first kappa shape index (κ1) is 12.7. The summed E-state index contributed by atoms with van der Waals surface area (Å²) >= 11 is 0. The Balaban J connectivity index is 3.28. The van der Waals surface area contributed by atoms with Gasteiger partial charge in [0.05, 0.1) is 15.9 Å². The molecule has 0 saturated heterocycles. The van der Waals surface area contributed by atoms with E-state index in [0.29, 0.717) is 5.69 Å². The predicted molar refractivity (Wildman–Crippen MR) is 64.4 cm³/mol. The largest absolute Gasteiger partial charge is 0.456 e. The van der Waals surface area contributed by atoms with Gasteiger partial charge in [-0.25, -0.2) is 4.79 Å². The maximum absolute atomic E-state index is 12.5. The smallest absolute Gasteiger partial charge is 0.392 e. The van der Waals surface area contributed by atoms with Crippen LogP contribution in [-0.4, -0.2) is 22.4 Å². The van der Waals surface area contributed by atoms with E-state index in [1.807, 2.05) is 0 Å². The van der Waals surface area contributed by atoms with Gasteiger partial charge in [0.2, 0.25) is 0 Å². The van der Waals surface area contributed by atoms with Gasteiger partial charge >= 0.3 is 5.30 Å². The number of carbonyl (C=O) groups excluding carboxylic acids is 1. The molecule has 0 heterocycles. The summed E-state index contributed by atoms with van der Waals surface area (Å²) in [5.41, 5.74) is 5.96. The zero-order valence-electron chi connectivity index (χ0n) is 9.30. The quantitative estimate of drug-likeness (QED) is 0.601. The van der Waals surface area contributed by atoms with Crippen LogP contribution in [0.25, 0.3) is 0 Å². The zero-order chi connectivity index (χ0) is 12.4. The molecule has 6 heteroatoms. The number of benzene rings is 1. The molecule has 0 amide bonds. The number of ether oxygens (including phenoxy) is 1. The summed E-state index contributed by atoms with van der Waals surface area (Å²) in [4.78, 5) is 11.8. The molecule has 0 spiro atoms. The van der Waals surface area contributed by atoms with Crippen LogP contribution in [-0.2, 0) is 14.0 Å². The minimum atomic E-state index is -4.14. The number of hydrogen-bond acceptors (Lipinski definition) is 4. The highest BCUT2D eigenvalue weighted by atomic mass is 32.3. The number of hydrogen-bond donors (Lipinski definition) is 2. The van der Waals surface area contributed by atoms with Gasteiger partial charge in [-0.3, -0.25) is 9.35 Å². The average molecular weight is 244 g/mol. The van der Waals surface area contributed by atoms with E-state index in [4.69, 9.17) is 15.6 Å². The van der Waals surface area contributed by atoms with Gasteiger partial charge in [-0.15, -0.1) is 0 Å². The summed E-state index contributed by atoms with van der Waals surface area (Å²) in [6, 6.07) is 6.14. The second kappa shape index (κ2) is 3.88. The molecular formula is C10H16N2O3S. The van der Waals surface area contributed by atoms with Gasteiger partial charge in [0.1, 0.15) is 0 Å². The Morgan fingerprint density at radius 3 is 2.62 bits per heavy atom. The van der Waals surface area contributed by atoms with E-state index in [0.717, 1.165) is 0 Å². The molecule has 0 atom stereocenters. The SMILES string of the molecule is CCOC(=O)S(C)(N)(=O)c1cccc(N)c1. The van der Waals surface area contributed by atoms with Crippen LogP contribution < -0.4 is 10.9 Å². The van der Waals surface area contributed by atoms with Crippen molar-refractivity contribution in [1.29, 1.82) is 0 Å². The normalized spacial score (nSPS) is 13.8. The fourth-order valence-electron chi connectivity index (χ4n) is 1.19. The summed E-state index contributed by atoms with van der Waals surface area (Å²) < 4.78 is 17.2. The topological polar surface area (TPSA) is 95.4 Å². The summed E-state index contributed by atoms with van der Waals surface area (Å²) in [5.74, 6) is 0. The predicted octanol–water partition coefficient (Wildman–Crippen LogP) is 1.11. The molecule has 1 rings (SSSR count). The highest BCUT2D eigenvalue weighted by Crippen LogP contribution is 2.29. The Morgan fingerprint density at radius 1 is 1.50 bits per heavy atom. The lowest BCUT2D eigenvalue weighted by atomic mass is 10.3. The standard InChI is InChI=1S/C10H16N2O3S/c1-3-15-10(13)16(2,12,14)9-6-4-5-8(11)7-9/h4-7H,3,11H2,1-2H3,(H2,12,14). The van der Waals surface area contributed by atoms with Gasteiger partial charge in [0.15, 0.2) is 0 Å².